The van der Waals surface area contributed by atoms with Crippen LogP contribution in [0.4, 0.5) is 13.2 Å². The molecule has 2 aliphatic rings. The maximum Gasteiger partial charge on any atom is 0.490 e. The maximum absolute atomic E-state index is 14.2. The Hall–Kier alpha value is -2.62. The molecule has 10 heteroatoms. The SMILES string of the molecule is Cc1cc(C(Cl)(OCCCN(C)C)C2(OC(=O)C(F)(F)F)CCN(C3CCCCC3)C2=O)ccc1-c1ccccc1. The molecule has 0 spiro atoms. The van der Waals surface area contributed by atoms with Gasteiger partial charge >= 0.3 is 12.1 Å². The first kappa shape index (κ1) is 31.3. The summed E-state index contributed by atoms with van der Waals surface area (Å²) in [6, 6.07) is 14.6. The summed E-state index contributed by atoms with van der Waals surface area (Å²) >= 11 is 7.28. The Morgan fingerprint density at radius 1 is 1.10 bits per heavy atom. The zero-order valence-electron chi connectivity index (χ0n) is 23.8. The lowest BCUT2D eigenvalue weighted by atomic mass is 9.85. The first-order valence-corrected chi connectivity index (χ1v) is 14.5. The Bertz CT molecular complexity index is 1220. The third-order valence-electron chi connectivity index (χ3n) is 8.08. The lowest BCUT2D eigenvalue weighted by Gasteiger charge is -2.43. The number of carbonyl (C=O) groups excluding carboxylic acids is 2. The van der Waals surface area contributed by atoms with Gasteiger partial charge in [-0.2, -0.15) is 13.2 Å². The van der Waals surface area contributed by atoms with Crippen LogP contribution < -0.4 is 0 Å². The van der Waals surface area contributed by atoms with Crippen LogP contribution in [0.3, 0.4) is 0 Å². The highest BCUT2D eigenvalue weighted by molar-refractivity contribution is 6.26. The molecule has 0 bridgehead atoms. The standard InChI is InChI=1S/C31H38ClF3N2O4/c1-22-21-24(15-16-26(22)23-11-6-4-7-12-23)30(32,40-20-10-18-36(2)3)29(41-28(39)31(33,34)35)17-19-37(27(29)38)25-13-8-5-9-14-25/h4,6-7,11-12,15-16,21,25H,5,8-10,13-14,17-20H2,1-3H3. The molecular formula is C31H38ClF3N2O4. The average Bonchev–Trinajstić information content (AvgIpc) is 3.28. The van der Waals surface area contributed by atoms with E-state index in [1.54, 1.807) is 23.1 Å². The molecule has 1 amide bonds. The van der Waals surface area contributed by atoms with Crippen LogP contribution in [-0.2, 0) is 24.1 Å². The van der Waals surface area contributed by atoms with Gasteiger partial charge in [0.2, 0.25) is 10.7 Å². The number of hydrogen-bond donors (Lipinski definition) is 0. The number of esters is 1. The van der Waals surface area contributed by atoms with Gasteiger partial charge in [-0.05, 0) is 63.5 Å². The van der Waals surface area contributed by atoms with E-state index < -0.39 is 28.7 Å². The molecule has 0 radical (unpaired) electrons. The summed E-state index contributed by atoms with van der Waals surface area (Å²) in [6.45, 7) is 2.62. The number of amides is 1. The Balaban J connectivity index is 1.81. The Labute approximate surface area is 244 Å². The molecule has 1 heterocycles. The van der Waals surface area contributed by atoms with Gasteiger partial charge in [0.1, 0.15) is 0 Å². The fourth-order valence-electron chi connectivity index (χ4n) is 5.97. The van der Waals surface area contributed by atoms with Gasteiger partial charge in [0.25, 0.3) is 5.91 Å². The summed E-state index contributed by atoms with van der Waals surface area (Å²) in [7, 11) is 3.77. The van der Waals surface area contributed by atoms with E-state index in [1.165, 1.54) is 0 Å². The van der Waals surface area contributed by atoms with Crippen LogP contribution in [0.25, 0.3) is 11.1 Å². The van der Waals surface area contributed by atoms with Crippen molar-refractivity contribution in [1.82, 2.24) is 9.80 Å². The number of carbonyl (C=O) groups is 2. The minimum absolute atomic E-state index is 0.0309. The molecule has 6 nitrogen and oxygen atoms in total. The number of likely N-dealkylation sites (tertiary alicyclic amines) is 1. The molecule has 2 atom stereocenters. The van der Waals surface area contributed by atoms with E-state index in [9.17, 15) is 22.8 Å². The van der Waals surface area contributed by atoms with Crippen molar-refractivity contribution in [3.05, 3.63) is 59.7 Å². The van der Waals surface area contributed by atoms with E-state index in [-0.39, 0.29) is 31.2 Å². The van der Waals surface area contributed by atoms with Crippen molar-refractivity contribution in [3.8, 4) is 11.1 Å². The first-order valence-electron chi connectivity index (χ1n) is 14.1. The van der Waals surface area contributed by atoms with E-state index in [0.717, 1.165) is 48.8 Å². The number of rotatable bonds is 10. The van der Waals surface area contributed by atoms with Crippen molar-refractivity contribution >= 4 is 23.5 Å². The smallest absolute Gasteiger partial charge is 0.437 e. The molecular weight excluding hydrogens is 557 g/mol. The van der Waals surface area contributed by atoms with Gasteiger partial charge < -0.3 is 19.3 Å². The molecule has 4 rings (SSSR count). The van der Waals surface area contributed by atoms with Crippen molar-refractivity contribution in [1.29, 1.82) is 0 Å². The fraction of sp³-hybridized carbons (Fsp3) is 0.548. The lowest BCUT2D eigenvalue weighted by molar-refractivity contribution is -0.230. The average molecular weight is 595 g/mol. The van der Waals surface area contributed by atoms with Crippen LogP contribution in [0.5, 0.6) is 0 Å². The Morgan fingerprint density at radius 2 is 1.78 bits per heavy atom. The second-order valence-corrected chi connectivity index (χ2v) is 11.8. The van der Waals surface area contributed by atoms with Gasteiger partial charge in [-0.1, -0.05) is 79.4 Å². The molecule has 1 aliphatic heterocycles. The summed E-state index contributed by atoms with van der Waals surface area (Å²) < 4.78 is 52.4. The minimum Gasteiger partial charge on any atom is -0.437 e. The van der Waals surface area contributed by atoms with Gasteiger partial charge in [-0.25, -0.2) is 4.79 Å². The van der Waals surface area contributed by atoms with E-state index in [1.807, 2.05) is 56.3 Å². The third kappa shape index (κ3) is 6.57. The van der Waals surface area contributed by atoms with Crippen LogP contribution in [-0.4, -0.2) is 73.3 Å². The quantitative estimate of drug-likeness (QED) is 0.180. The number of hydrogen-bond acceptors (Lipinski definition) is 5. The van der Waals surface area contributed by atoms with Crippen LogP contribution in [0.2, 0.25) is 0 Å². The third-order valence-corrected chi connectivity index (χ3v) is 8.71. The van der Waals surface area contributed by atoms with Gasteiger partial charge in [-0.15, -0.1) is 0 Å². The van der Waals surface area contributed by atoms with E-state index in [2.05, 4.69) is 0 Å². The molecule has 1 saturated heterocycles. The molecule has 2 unspecified atom stereocenters. The molecule has 0 N–H and O–H groups in total. The monoisotopic (exact) mass is 594 g/mol. The molecule has 2 aromatic carbocycles. The van der Waals surface area contributed by atoms with E-state index >= 15 is 0 Å². The van der Waals surface area contributed by atoms with Crippen molar-refractivity contribution in [2.45, 2.75) is 74.7 Å². The Kier molecular flexibility index (Phi) is 9.71. The van der Waals surface area contributed by atoms with Gasteiger partial charge in [0.05, 0.1) is 6.61 Å². The molecule has 1 aliphatic carbocycles. The number of benzene rings is 2. The maximum atomic E-state index is 14.2. The van der Waals surface area contributed by atoms with Crippen molar-refractivity contribution in [2.75, 3.05) is 33.8 Å². The molecule has 0 aromatic heterocycles. The minimum atomic E-state index is -5.32. The van der Waals surface area contributed by atoms with Gasteiger partial charge in [0.15, 0.2) is 0 Å². The second-order valence-electron chi connectivity index (χ2n) is 11.3. The first-order chi connectivity index (χ1) is 19.4. The molecule has 1 saturated carbocycles. The highest BCUT2D eigenvalue weighted by Gasteiger charge is 2.67. The fourth-order valence-corrected chi connectivity index (χ4v) is 6.37. The van der Waals surface area contributed by atoms with Crippen LogP contribution >= 0.6 is 11.6 Å². The summed E-state index contributed by atoms with van der Waals surface area (Å²) in [4.78, 5) is 30.1. The molecule has 2 fully saturated rings. The number of ether oxygens (including phenoxy) is 2. The largest absolute Gasteiger partial charge is 0.490 e. The molecule has 224 valence electrons. The zero-order valence-corrected chi connectivity index (χ0v) is 24.6. The van der Waals surface area contributed by atoms with Crippen molar-refractivity contribution in [2.24, 2.45) is 0 Å². The summed E-state index contributed by atoms with van der Waals surface area (Å²) in [5.41, 5.74) is 0.473. The summed E-state index contributed by atoms with van der Waals surface area (Å²) in [5, 5.41) is -2.19. The van der Waals surface area contributed by atoms with Crippen molar-refractivity contribution in [3.63, 3.8) is 0 Å². The number of aryl methyl sites for hydroxylation is 1. The van der Waals surface area contributed by atoms with Crippen LogP contribution in [0.1, 0.15) is 56.1 Å². The summed E-state index contributed by atoms with van der Waals surface area (Å²) in [5.74, 6) is -3.20. The topological polar surface area (TPSA) is 59.1 Å². The van der Waals surface area contributed by atoms with Crippen LogP contribution in [0.15, 0.2) is 48.5 Å². The number of nitrogens with zero attached hydrogens (tertiary/aromatic N) is 2. The molecule has 2 aromatic rings. The van der Waals surface area contributed by atoms with Gasteiger partial charge in [-0.3, -0.25) is 4.79 Å². The predicted octanol–water partition coefficient (Wildman–Crippen LogP) is 6.43. The normalized spacial score (nSPS) is 21.8. The summed E-state index contributed by atoms with van der Waals surface area (Å²) in [6.07, 6.45) is -0.714. The van der Waals surface area contributed by atoms with E-state index in [4.69, 9.17) is 21.1 Å². The Morgan fingerprint density at radius 3 is 2.39 bits per heavy atom. The highest BCUT2D eigenvalue weighted by Crippen LogP contribution is 2.51. The predicted molar refractivity (Wildman–Crippen MR) is 151 cm³/mol. The highest BCUT2D eigenvalue weighted by atomic mass is 35.5. The van der Waals surface area contributed by atoms with Gasteiger partial charge in [0, 0.05) is 24.6 Å². The van der Waals surface area contributed by atoms with E-state index in [0.29, 0.717) is 13.0 Å². The van der Waals surface area contributed by atoms with Crippen molar-refractivity contribution < 1.29 is 32.2 Å². The lowest BCUT2D eigenvalue weighted by Crippen LogP contribution is -2.60. The molecule has 41 heavy (non-hydrogen) atoms. The zero-order chi connectivity index (χ0) is 29.8. The number of halogens is 4. The number of alkyl halides is 4. The van der Waals surface area contributed by atoms with Crippen LogP contribution in [0, 0.1) is 6.92 Å². The second kappa shape index (κ2) is 12.7.